The van der Waals surface area contributed by atoms with E-state index in [0.717, 1.165) is 30.6 Å². The summed E-state index contributed by atoms with van der Waals surface area (Å²) in [6, 6.07) is 19.3. The van der Waals surface area contributed by atoms with Gasteiger partial charge in [0, 0.05) is 6.54 Å². The van der Waals surface area contributed by atoms with E-state index in [1.807, 2.05) is 54.6 Å². The van der Waals surface area contributed by atoms with Gasteiger partial charge in [-0.05, 0) is 48.7 Å². The second-order valence-corrected chi connectivity index (χ2v) is 8.45. The summed E-state index contributed by atoms with van der Waals surface area (Å²) >= 11 is 0. The lowest BCUT2D eigenvalue weighted by atomic mass is 9.95. The smallest absolute Gasteiger partial charge is 0.290 e. The lowest BCUT2D eigenvalue weighted by molar-refractivity contribution is -0.130. The third-order valence-corrected chi connectivity index (χ3v) is 5.92. The van der Waals surface area contributed by atoms with Crippen LogP contribution in [0.5, 0.6) is 5.75 Å². The maximum Gasteiger partial charge on any atom is 0.290 e. The highest BCUT2D eigenvalue weighted by Crippen LogP contribution is 2.40. The van der Waals surface area contributed by atoms with Crippen molar-refractivity contribution in [1.29, 1.82) is 0 Å². The molecule has 1 aliphatic rings. The van der Waals surface area contributed by atoms with Crippen molar-refractivity contribution >= 4 is 11.7 Å². The number of ether oxygens (including phenoxy) is 1. The number of hydrogen-bond acceptors (Lipinski definition) is 5. The number of aryl methyl sites for hydroxylation is 1. The Kier molecular flexibility index (Phi) is 7.16. The maximum absolute atomic E-state index is 13.4. The number of amides is 1. The van der Waals surface area contributed by atoms with E-state index < -0.39 is 23.5 Å². The fourth-order valence-electron chi connectivity index (χ4n) is 4.15. The van der Waals surface area contributed by atoms with E-state index in [2.05, 4.69) is 6.92 Å². The number of Topliss-reactive ketones (excluding diaryl/α,β-unsaturated/α-hetero) is 1. The van der Waals surface area contributed by atoms with E-state index in [1.165, 1.54) is 4.90 Å². The maximum atomic E-state index is 13.4. The summed E-state index contributed by atoms with van der Waals surface area (Å²) in [6.45, 7) is 4.77. The molecule has 1 unspecified atom stereocenters. The predicted octanol–water partition coefficient (Wildman–Crippen LogP) is 5.94. The summed E-state index contributed by atoms with van der Waals surface area (Å²) in [7, 11) is 0. The molecular weight excluding hydrogens is 430 g/mol. The lowest BCUT2D eigenvalue weighted by Gasteiger charge is -2.27. The van der Waals surface area contributed by atoms with E-state index >= 15 is 0 Å². The number of carbonyl (C=O) groups is 2. The van der Waals surface area contributed by atoms with Gasteiger partial charge in [-0.25, -0.2) is 0 Å². The number of nitrogens with zero attached hydrogens (tertiary/aromatic N) is 1. The Morgan fingerprint density at radius 2 is 1.76 bits per heavy atom. The number of furan rings is 1. The first kappa shape index (κ1) is 23.4. The van der Waals surface area contributed by atoms with E-state index in [0.29, 0.717) is 17.9 Å². The van der Waals surface area contributed by atoms with Gasteiger partial charge in [0.05, 0.1) is 18.2 Å². The van der Waals surface area contributed by atoms with Crippen LogP contribution in [0.25, 0.3) is 0 Å². The van der Waals surface area contributed by atoms with Crippen LogP contribution in [0.4, 0.5) is 0 Å². The molecule has 1 aromatic heterocycles. The Balaban J connectivity index is 1.67. The Bertz CT molecular complexity index is 1180. The van der Waals surface area contributed by atoms with E-state index in [1.54, 1.807) is 19.1 Å². The van der Waals surface area contributed by atoms with E-state index in [4.69, 9.17) is 9.15 Å². The molecule has 3 aromatic rings. The monoisotopic (exact) mass is 459 g/mol. The van der Waals surface area contributed by atoms with Gasteiger partial charge in [-0.2, -0.15) is 0 Å². The van der Waals surface area contributed by atoms with Crippen molar-refractivity contribution in [2.24, 2.45) is 0 Å². The zero-order chi connectivity index (χ0) is 24.1. The van der Waals surface area contributed by atoms with Gasteiger partial charge >= 0.3 is 0 Å². The molecule has 0 fully saturated rings. The van der Waals surface area contributed by atoms with Crippen LogP contribution in [0.2, 0.25) is 0 Å². The first-order valence-corrected chi connectivity index (χ1v) is 11.6. The average Bonchev–Trinajstić information content (AvgIpc) is 3.39. The quantitative estimate of drug-likeness (QED) is 0.300. The van der Waals surface area contributed by atoms with Crippen molar-refractivity contribution in [2.75, 3.05) is 6.61 Å². The van der Waals surface area contributed by atoms with Gasteiger partial charge in [-0.15, -0.1) is 0 Å². The molecule has 0 spiro atoms. The van der Waals surface area contributed by atoms with Crippen LogP contribution >= 0.6 is 0 Å². The van der Waals surface area contributed by atoms with Crippen molar-refractivity contribution in [1.82, 2.24) is 4.90 Å². The highest BCUT2D eigenvalue weighted by molar-refractivity contribution is 6.15. The molecule has 0 saturated heterocycles. The molecule has 4 rings (SSSR count). The van der Waals surface area contributed by atoms with Crippen LogP contribution < -0.4 is 4.74 Å². The summed E-state index contributed by atoms with van der Waals surface area (Å²) in [4.78, 5) is 28.0. The molecule has 0 aliphatic carbocycles. The highest BCUT2D eigenvalue weighted by atomic mass is 16.5. The first-order chi connectivity index (χ1) is 16.5. The van der Waals surface area contributed by atoms with Crippen molar-refractivity contribution < 1.29 is 23.8 Å². The van der Waals surface area contributed by atoms with Crippen molar-refractivity contribution in [3.63, 3.8) is 0 Å². The first-order valence-electron chi connectivity index (χ1n) is 11.6. The lowest BCUT2D eigenvalue weighted by Crippen LogP contribution is -2.30. The number of hydrogen-bond donors (Lipinski definition) is 1. The molecule has 1 atom stereocenters. The van der Waals surface area contributed by atoms with Crippen LogP contribution in [-0.2, 0) is 11.3 Å². The summed E-state index contributed by atoms with van der Waals surface area (Å²) in [5, 5.41) is 10.8. The number of ketones is 1. The highest BCUT2D eigenvalue weighted by Gasteiger charge is 2.44. The van der Waals surface area contributed by atoms with Gasteiger partial charge in [0.1, 0.15) is 11.5 Å². The van der Waals surface area contributed by atoms with Gasteiger partial charge in [0.25, 0.3) is 5.91 Å². The van der Waals surface area contributed by atoms with Gasteiger partial charge < -0.3 is 19.2 Å². The van der Waals surface area contributed by atoms with E-state index in [-0.39, 0.29) is 17.9 Å². The molecule has 34 heavy (non-hydrogen) atoms. The molecule has 1 aliphatic heterocycles. The standard InChI is InChI=1S/C28H29NO5/c1-3-4-8-17-33-22-14-12-21(13-15-22)25-24(26(30)23-16-11-19(2)34-23)27(31)28(32)29(25)18-20-9-6-5-7-10-20/h5-7,9-16,25,31H,3-4,8,17-18H2,1-2H3. The normalized spacial score (nSPS) is 15.8. The third kappa shape index (κ3) is 4.91. The topological polar surface area (TPSA) is 80.0 Å². The fraction of sp³-hybridized carbons (Fsp3) is 0.286. The summed E-state index contributed by atoms with van der Waals surface area (Å²) in [6.07, 6.45) is 3.22. The Labute approximate surface area is 199 Å². The van der Waals surface area contributed by atoms with Crippen molar-refractivity contribution in [3.05, 3.63) is 101 Å². The molecule has 6 heteroatoms. The van der Waals surface area contributed by atoms with Gasteiger partial charge in [-0.1, -0.05) is 62.2 Å². The van der Waals surface area contributed by atoms with Crippen LogP contribution in [0.3, 0.4) is 0 Å². The van der Waals surface area contributed by atoms with E-state index in [9.17, 15) is 14.7 Å². The molecule has 2 aromatic carbocycles. The Hall–Kier alpha value is -3.80. The second kappa shape index (κ2) is 10.4. The van der Waals surface area contributed by atoms with Crippen LogP contribution in [0.1, 0.15) is 59.7 Å². The second-order valence-electron chi connectivity index (χ2n) is 8.45. The Morgan fingerprint density at radius 3 is 2.41 bits per heavy atom. The van der Waals surface area contributed by atoms with Crippen molar-refractivity contribution in [3.8, 4) is 5.75 Å². The molecule has 1 amide bonds. The zero-order valence-electron chi connectivity index (χ0n) is 19.5. The molecule has 0 radical (unpaired) electrons. The molecule has 2 heterocycles. The minimum absolute atomic E-state index is 0.0203. The van der Waals surface area contributed by atoms with Crippen LogP contribution in [0.15, 0.2) is 82.5 Å². The number of aliphatic hydroxyl groups is 1. The average molecular weight is 460 g/mol. The van der Waals surface area contributed by atoms with Crippen molar-refractivity contribution in [2.45, 2.75) is 45.7 Å². The Morgan fingerprint density at radius 1 is 1.03 bits per heavy atom. The minimum Gasteiger partial charge on any atom is -0.503 e. The van der Waals surface area contributed by atoms with Crippen LogP contribution in [0, 0.1) is 6.92 Å². The van der Waals surface area contributed by atoms with Gasteiger partial charge in [0.2, 0.25) is 5.78 Å². The largest absolute Gasteiger partial charge is 0.503 e. The zero-order valence-corrected chi connectivity index (χ0v) is 19.5. The summed E-state index contributed by atoms with van der Waals surface area (Å²) < 4.78 is 11.3. The molecular formula is C28H29NO5. The molecule has 6 nitrogen and oxygen atoms in total. The van der Waals surface area contributed by atoms with Gasteiger partial charge in [0.15, 0.2) is 11.5 Å². The molecule has 0 bridgehead atoms. The number of aliphatic hydroxyl groups excluding tert-OH is 1. The van der Waals surface area contributed by atoms with Crippen LogP contribution in [-0.4, -0.2) is 28.3 Å². The predicted molar refractivity (Wildman–Crippen MR) is 129 cm³/mol. The third-order valence-electron chi connectivity index (χ3n) is 5.92. The number of rotatable bonds is 10. The number of carbonyl (C=O) groups excluding carboxylic acids is 2. The summed E-state index contributed by atoms with van der Waals surface area (Å²) in [5.41, 5.74) is 1.62. The molecule has 176 valence electrons. The van der Waals surface area contributed by atoms with Gasteiger partial charge in [-0.3, -0.25) is 9.59 Å². The molecule has 1 N–H and O–H groups in total. The SMILES string of the molecule is CCCCCOc1ccc(C2C(C(=O)c3ccc(C)o3)=C(O)C(=O)N2Cc2ccccc2)cc1. The minimum atomic E-state index is -0.750. The fourth-order valence-corrected chi connectivity index (χ4v) is 4.15. The summed E-state index contributed by atoms with van der Waals surface area (Å²) in [5.74, 6) is -0.231. The number of unbranched alkanes of at least 4 members (excludes halogenated alkanes) is 2. The number of benzene rings is 2. The molecule has 0 saturated carbocycles.